The number of rotatable bonds is 3. The van der Waals surface area contributed by atoms with Crippen molar-refractivity contribution in [3.8, 4) is 5.75 Å². The van der Waals surface area contributed by atoms with E-state index in [1.807, 2.05) is 19.1 Å². The fraction of sp³-hybridized carbons (Fsp3) is 0.286. The summed E-state index contributed by atoms with van der Waals surface area (Å²) >= 11 is 5.25. The molecule has 1 atom stereocenters. The van der Waals surface area contributed by atoms with E-state index >= 15 is 0 Å². The molecule has 4 heteroatoms. The summed E-state index contributed by atoms with van der Waals surface area (Å²) in [5, 5.41) is 0. The summed E-state index contributed by atoms with van der Waals surface area (Å²) in [4.78, 5) is 2.41. The average molecular weight is 326 g/mol. The molecule has 0 fully saturated rings. The Bertz CT molecular complexity index is 545. The zero-order valence-corrected chi connectivity index (χ0v) is 13.1. The van der Waals surface area contributed by atoms with Crippen molar-refractivity contribution < 1.29 is 4.74 Å². The van der Waals surface area contributed by atoms with E-state index in [0.717, 1.165) is 26.2 Å². The van der Waals surface area contributed by atoms with Crippen LogP contribution in [0.1, 0.15) is 26.9 Å². The largest absolute Gasteiger partial charge is 0.496 e. The maximum atomic E-state index is 6.31. The molecule has 1 aromatic heterocycles. The molecule has 1 aromatic carbocycles. The summed E-state index contributed by atoms with van der Waals surface area (Å²) in [7, 11) is 1.68. The highest BCUT2D eigenvalue weighted by atomic mass is 79.9. The summed E-state index contributed by atoms with van der Waals surface area (Å²) in [5.41, 5.74) is 8.50. The minimum Gasteiger partial charge on any atom is -0.496 e. The number of benzene rings is 1. The van der Waals surface area contributed by atoms with Gasteiger partial charge in [-0.05, 0) is 53.0 Å². The van der Waals surface area contributed by atoms with Gasteiger partial charge in [-0.1, -0.05) is 12.1 Å². The molecule has 2 nitrogen and oxygen atoms in total. The van der Waals surface area contributed by atoms with E-state index in [0.29, 0.717) is 0 Å². The van der Waals surface area contributed by atoms with Crippen molar-refractivity contribution in [2.45, 2.75) is 19.9 Å². The number of aryl methyl sites for hydroxylation is 2. The van der Waals surface area contributed by atoms with Gasteiger partial charge in [-0.25, -0.2) is 0 Å². The van der Waals surface area contributed by atoms with Gasteiger partial charge in [0.25, 0.3) is 0 Å². The maximum Gasteiger partial charge on any atom is 0.122 e. The zero-order valence-electron chi connectivity index (χ0n) is 10.7. The Kier molecular flexibility index (Phi) is 4.10. The molecular weight excluding hydrogens is 310 g/mol. The van der Waals surface area contributed by atoms with Gasteiger partial charge in [-0.2, -0.15) is 0 Å². The lowest BCUT2D eigenvalue weighted by atomic mass is 10.0. The minimum atomic E-state index is -0.102. The van der Waals surface area contributed by atoms with Gasteiger partial charge < -0.3 is 10.5 Å². The Morgan fingerprint density at radius 1 is 1.28 bits per heavy atom. The van der Waals surface area contributed by atoms with E-state index in [2.05, 4.69) is 35.0 Å². The van der Waals surface area contributed by atoms with Crippen molar-refractivity contribution in [2.75, 3.05) is 7.11 Å². The highest BCUT2D eigenvalue weighted by Gasteiger charge is 2.14. The molecule has 0 radical (unpaired) electrons. The van der Waals surface area contributed by atoms with Crippen molar-refractivity contribution in [2.24, 2.45) is 5.73 Å². The van der Waals surface area contributed by atoms with Crippen LogP contribution in [0.5, 0.6) is 5.75 Å². The van der Waals surface area contributed by atoms with E-state index in [-0.39, 0.29) is 6.04 Å². The standard InChI is InChI=1S/C14H16BrNOS/c1-8-4-5-10(6-12(8)17-3)14(16)13-7-11(15)9(2)18-13/h4-7,14H,16H2,1-3H3. The van der Waals surface area contributed by atoms with Crippen LogP contribution in [0.4, 0.5) is 0 Å². The first-order chi connectivity index (χ1) is 8.52. The van der Waals surface area contributed by atoms with E-state index in [4.69, 9.17) is 10.5 Å². The van der Waals surface area contributed by atoms with Gasteiger partial charge >= 0.3 is 0 Å². The van der Waals surface area contributed by atoms with Crippen molar-refractivity contribution in [1.82, 2.24) is 0 Å². The van der Waals surface area contributed by atoms with Crippen LogP contribution in [0.25, 0.3) is 0 Å². The topological polar surface area (TPSA) is 35.2 Å². The monoisotopic (exact) mass is 325 g/mol. The Morgan fingerprint density at radius 3 is 2.56 bits per heavy atom. The fourth-order valence-electron chi connectivity index (χ4n) is 1.83. The Morgan fingerprint density at radius 2 is 2.00 bits per heavy atom. The van der Waals surface area contributed by atoms with Crippen LogP contribution in [0.3, 0.4) is 0 Å². The zero-order chi connectivity index (χ0) is 13.3. The Balaban J connectivity index is 2.36. The second kappa shape index (κ2) is 5.43. The molecule has 18 heavy (non-hydrogen) atoms. The van der Waals surface area contributed by atoms with Crippen LogP contribution < -0.4 is 10.5 Å². The van der Waals surface area contributed by atoms with Gasteiger partial charge in [0.2, 0.25) is 0 Å². The SMILES string of the molecule is COc1cc(C(N)c2cc(Br)c(C)s2)ccc1C. The van der Waals surface area contributed by atoms with Crippen molar-refractivity contribution >= 4 is 27.3 Å². The number of hydrogen-bond donors (Lipinski definition) is 1. The van der Waals surface area contributed by atoms with Gasteiger partial charge in [0, 0.05) is 14.2 Å². The molecule has 0 saturated carbocycles. The molecule has 1 unspecified atom stereocenters. The molecule has 0 aliphatic heterocycles. The smallest absolute Gasteiger partial charge is 0.122 e. The van der Waals surface area contributed by atoms with E-state index in [1.54, 1.807) is 18.4 Å². The summed E-state index contributed by atoms with van der Waals surface area (Å²) in [6, 6.07) is 8.11. The molecule has 2 N–H and O–H groups in total. The average Bonchev–Trinajstić information content (AvgIpc) is 2.69. The third-order valence-electron chi connectivity index (χ3n) is 2.97. The predicted octanol–water partition coefficient (Wildman–Crippen LogP) is 4.18. The summed E-state index contributed by atoms with van der Waals surface area (Å²) in [6.45, 7) is 4.11. The minimum absolute atomic E-state index is 0.102. The first-order valence-electron chi connectivity index (χ1n) is 5.69. The number of thiophene rings is 1. The summed E-state index contributed by atoms with van der Waals surface area (Å²) < 4.78 is 6.46. The number of nitrogens with two attached hydrogens (primary N) is 1. The molecule has 1 heterocycles. The lowest BCUT2D eigenvalue weighted by molar-refractivity contribution is 0.411. The number of methoxy groups -OCH3 is 1. The van der Waals surface area contributed by atoms with Crippen molar-refractivity contribution in [3.05, 3.63) is 49.6 Å². The molecule has 96 valence electrons. The molecule has 2 aromatic rings. The molecular formula is C14H16BrNOS. The van der Waals surface area contributed by atoms with Crippen molar-refractivity contribution in [1.29, 1.82) is 0 Å². The second-order valence-electron chi connectivity index (χ2n) is 4.26. The van der Waals surface area contributed by atoms with E-state index in [9.17, 15) is 0 Å². The molecule has 0 saturated heterocycles. The quantitative estimate of drug-likeness (QED) is 0.918. The highest BCUT2D eigenvalue weighted by Crippen LogP contribution is 2.33. The maximum absolute atomic E-state index is 6.31. The molecule has 0 amide bonds. The van der Waals surface area contributed by atoms with Crippen LogP contribution in [0, 0.1) is 13.8 Å². The third-order valence-corrected chi connectivity index (χ3v) is 5.19. The molecule has 0 spiro atoms. The van der Waals surface area contributed by atoms with Crippen LogP contribution in [0.2, 0.25) is 0 Å². The van der Waals surface area contributed by atoms with Crippen LogP contribution in [0.15, 0.2) is 28.7 Å². The summed E-state index contributed by atoms with van der Waals surface area (Å²) in [6.07, 6.45) is 0. The molecule has 2 rings (SSSR count). The van der Waals surface area contributed by atoms with Crippen LogP contribution >= 0.6 is 27.3 Å². The molecule has 0 bridgehead atoms. The van der Waals surface area contributed by atoms with Crippen molar-refractivity contribution in [3.63, 3.8) is 0 Å². The third kappa shape index (κ3) is 2.60. The predicted molar refractivity (Wildman–Crippen MR) is 80.5 cm³/mol. The lowest BCUT2D eigenvalue weighted by Crippen LogP contribution is -2.10. The van der Waals surface area contributed by atoms with Gasteiger partial charge in [-0.3, -0.25) is 0 Å². The molecule has 0 aliphatic carbocycles. The number of ether oxygens (including phenoxy) is 1. The van der Waals surface area contributed by atoms with E-state index < -0.39 is 0 Å². The fourth-order valence-corrected chi connectivity index (χ4v) is 3.42. The van der Waals surface area contributed by atoms with Gasteiger partial charge in [0.05, 0.1) is 13.2 Å². The first kappa shape index (κ1) is 13.6. The number of halogens is 1. The number of hydrogen-bond acceptors (Lipinski definition) is 3. The second-order valence-corrected chi connectivity index (χ2v) is 6.40. The normalized spacial score (nSPS) is 12.5. The molecule has 0 aliphatic rings. The first-order valence-corrected chi connectivity index (χ1v) is 7.30. The Hall–Kier alpha value is -0.840. The van der Waals surface area contributed by atoms with Crippen LogP contribution in [-0.4, -0.2) is 7.11 Å². The Labute approximate surface area is 120 Å². The van der Waals surface area contributed by atoms with Crippen LogP contribution in [-0.2, 0) is 0 Å². The highest BCUT2D eigenvalue weighted by molar-refractivity contribution is 9.10. The van der Waals surface area contributed by atoms with Gasteiger partial charge in [-0.15, -0.1) is 11.3 Å². The van der Waals surface area contributed by atoms with Gasteiger partial charge in [0.15, 0.2) is 0 Å². The van der Waals surface area contributed by atoms with E-state index in [1.165, 1.54) is 4.88 Å². The lowest BCUT2D eigenvalue weighted by Gasteiger charge is -2.13. The summed E-state index contributed by atoms with van der Waals surface area (Å²) in [5.74, 6) is 0.885. The van der Waals surface area contributed by atoms with Gasteiger partial charge in [0.1, 0.15) is 5.75 Å².